The molecule has 0 unspecified atom stereocenters. The Kier molecular flexibility index (Phi) is 6.24. The number of hydrogen-bond donors (Lipinski definition) is 2. The zero-order valence-corrected chi connectivity index (χ0v) is 12.0. The second-order valence-corrected chi connectivity index (χ2v) is 4.76. The fraction of sp³-hybridized carbons (Fsp3) is 0.571. The van der Waals surface area contributed by atoms with Gasteiger partial charge in [-0.1, -0.05) is 20.3 Å². The monoisotopic (exact) mass is 282 g/mol. The van der Waals surface area contributed by atoms with Gasteiger partial charge in [-0.3, -0.25) is 14.5 Å². The van der Waals surface area contributed by atoms with E-state index < -0.39 is 17.1 Å². The standard InChI is InChI=1S/C14H22N2O4/c1-3-5-6-15(4-2)8-11-7-12(17)13(18)9-16(11)10-14(19)20/h7,9,18H,3-6,8,10H2,1-2H3,(H,19,20). The SMILES string of the molecule is CCCCN(CC)Cc1cc(=O)c(O)cn1CC(=O)O. The van der Waals surface area contributed by atoms with E-state index in [0.29, 0.717) is 12.2 Å². The largest absolute Gasteiger partial charge is 0.503 e. The number of carboxylic acids is 1. The molecule has 0 radical (unpaired) electrons. The number of nitrogens with zero attached hydrogens (tertiary/aromatic N) is 2. The van der Waals surface area contributed by atoms with Crippen molar-refractivity contribution in [1.82, 2.24) is 9.47 Å². The van der Waals surface area contributed by atoms with E-state index in [0.717, 1.165) is 25.9 Å². The molecule has 0 aliphatic rings. The number of aromatic nitrogens is 1. The van der Waals surface area contributed by atoms with E-state index >= 15 is 0 Å². The molecule has 6 nitrogen and oxygen atoms in total. The first-order valence-electron chi connectivity index (χ1n) is 6.84. The lowest BCUT2D eigenvalue weighted by atomic mass is 10.2. The smallest absolute Gasteiger partial charge is 0.323 e. The third-order valence-corrected chi connectivity index (χ3v) is 3.16. The summed E-state index contributed by atoms with van der Waals surface area (Å²) in [6, 6.07) is 1.31. The van der Waals surface area contributed by atoms with Gasteiger partial charge in [-0.05, 0) is 19.5 Å². The summed E-state index contributed by atoms with van der Waals surface area (Å²) < 4.78 is 1.41. The number of aliphatic carboxylic acids is 1. The molecule has 0 atom stereocenters. The molecule has 1 heterocycles. The summed E-state index contributed by atoms with van der Waals surface area (Å²) >= 11 is 0. The van der Waals surface area contributed by atoms with Crippen molar-refractivity contribution in [1.29, 1.82) is 0 Å². The Morgan fingerprint density at radius 2 is 2.10 bits per heavy atom. The average Bonchev–Trinajstić information content (AvgIpc) is 2.39. The van der Waals surface area contributed by atoms with Crippen molar-refractivity contribution < 1.29 is 15.0 Å². The first-order valence-corrected chi connectivity index (χ1v) is 6.84. The van der Waals surface area contributed by atoms with E-state index in [1.807, 2.05) is 6.92 Å². The quantitative estimate of drug-likeness (QED) is 0.750. The molecule has 2 N–H and O–H groups in total. The van der Waals surface area contributed by atoms with Crippen LogP contribution in [0.5, 0.6) is 5.75 Å². The number of unbranched alkanes of at least 4 members (excludes halogenated alkanes) is 1. The molecule has 20 heavy (non-hydrogen) atoms. The van der Waals surface area contributed by atoms with Crippen molar-refractivity contribution in [3.05, 3.63) is 28.2 Å². The van der Waals surface area contributed by atoms with Gasteiger partial charge in [0.05, 0.1) is 6.20 Å². The highest BCUT2D eigenvalue weighted by Gasteiger charge is 2.11. The summed E-state index contributed by atoms with van der Waals surface area (Å²) in [6.45, 7) is 6.08. The predicted molar refractivity (Wildman–Crippen MR) is 75.9 cm³/mol. The molecule has 0 fully saturated rings. The van der Waals surface area contributed by atoms with Crippen LogP contribution in [0.25, 0.3) is 0 Å². The first-order chi connectivity index (χ1) is 9.47. The van der Waals surface area contributed by atoms with Gasteiger partial charge in [0.25, 0.3) is 0 Å². The maximum Gasteiger partial charge on any atom is 0.323 e. The Hall–Kier alpha value is -1.82. The highest BCUT2D eigenvalue weighted by Crippen LogP contribution is 2.09. The highest BCUT2D eigenvalue weighted by atomic mass is 16.4. The molecule has 1 aromatic heterocycles. The van der Waals surface area contributed by atoms with E-state index in [1.165, 1.54) is 16.8 Å². The van der Waals surface area contributed by atoms with E-state index in [-0.39, 0.29) is 6.54 Å². The van der Waals surface area contributed by atoms with E-state index in [4.69, 9.17) is 5.11 Å². The van der Waals surface area contributed by atoms with Gasteiger partial charge in [-0.2, -0.15) is 0 Å². The molecule has 1 aromatic rings. The Labute approximate surface area is 118 Å². The highest BCUT2D eigenvalue weighted by molar-refractivity contribution is 5.66. The van der Waals surface area contributed by atoms with E-state index in [1.54, 1.807) is 0 Å². The summed E-state index contributed by atoms with van der Waals surface area (Å²) in [5, 5.41) is 18.3. The molecule has 0 aliphatic carbocycles. The van der Waals surface area contributed by atoms with Gasteiger partial charge >= 0.3 is 5.97 Å². The van der Waals surface area contributed by atoms with Gasteiger partial charge in [0.15, 0.2) is 5.75 Å². The van der Waals surface area contributed by atoms with Crippen LogP contribution in [-0.4, -0.2) is 38.7 Å². The summed E-state index contributed by atoms with van der Waals surface area (Å²) in [4.78, 5) is 24.5. The molecule has 0 amide bonds. The number of pyridine rings is 1. The average molecular weight is 282 g/mol. The minimum atomic E-state index is -1.01. The number of rotatable bonds is 8. The maximum absolute atomic E-state index is 11.5. The third-order valence-electron chi connectivity index (χ3n) is 3.16. The molecular formula is C14H22N2O4. The van der Waals surface area contributed by atoms with Crippen LogP contribution >= 0.6 is 0 Å². The van der Waals surface area contributed by atoms with Crippen molar-refractivity contribution in [2.45, 2.75) is 39.8 Å². The van der Waals surface area contributed by atoms with Gasteiger partial charge in [0, 0.05) is 18.3 Å². The van der Waals surface area contributed by atoms with Crippen LogP contribution in [0.15, 0.2) is 17.1 Å². The number of carboxylic acid groups (broad SMARTS) is 1. The van der Waals surface area contributed by atoms with E-state index in [2.05, 4.69) is 11.8 Å². The first kappa shape index (κ1) is 16.2. The zero-order valence-electron chi connectivity index (χ0n) is 12.0. The van der Waals surface area contributed by atoms with Crippen LogP contribution in [0.3, 0.4) is 0 Å². The van der Waals surface area contributed by atoms with Crippen molar-refractivity contribution in [2.75, 3.05) is 13.1 Å². The lowest BCUT2D eigenvalue weighted by Gasteiger charge is -2.22. The molecular weight excluding hydrogens is 260 g/mol. The molecule has 6 heteroatoms. The topological polar surface area (TPSA) is 82.8 Å². The van der Waals surface area contributed by atoms with Crippen LogP contribution in [-0.2, 0) is 17.9 Å². The van der Waals surface area contributed by atoms with Crippen molar-refractivity contribution in [3.8, 4) is 5.75 Å². The molecule has 0 aliphatic heterocycles. The number of hydrogen-bond acceptors (Lipinski definition) is 4. The molecule has 0 saturated carbocycles. The summed E-state index contributed by atoms with van der Waals surface area (Å²) in [6.07, 6.45) is 3.32. The molecule has 0 spiro atoms. The lowest BCUT2D eigenvalue weighted by molar-refractivity contribution is -0.137. The van der Waals surface area contributed by atoms with Crippen molar-refractivity contribution in [2.24, 2.45) is 0 Å². The Morgan fingerprint density at radius 1 is 1.40 bits per heavy atom. The molecule has 0 aromatic carbocycles. The summed E-state index contributed by atoms with van der Waals surface area (Å²) in [5.41, 5.74) is 0.126. The lowest BCUT2D eigenvalue weighted by Crippen LogP contribution is -2.28. The van der Waals surface area contributed by atoms with Crippen molar-refractivity contribution in [3.63, 3.8) is 0 Å². The van der Waals surface area contributed by atoms with Crippen LogP contribution in [0, 0.1) is 0 Å². The van der Waals surface area contributed by atoms with Gasteiger partial charge < -0.3 is 14.8 Å². The Bertz CT molecular complexity index is 510. The minimum absolute atomic E-state index is 0.269. The second-order valence-electron chi connectivity index (χ2n) is 4.76. The predicted octanol–water partition coefficient (Wildman–Crippen LogP) is 1.26. The molecule has 112 valence electrons. The van der Waals surface area contributed by atoms with Gasteiger partial charge in [-0.15, -0.1) is 0 Å². The fourth-order valence-electron chi connectivity index (χ4n) is 1.99. The van der Waals surface area contributed by atoms with Crippen LogP contribution < -0.4 is 5.43 Å². The van der Waals surface area contributed by atoms with Gasteiger partial charge in [-0.25, -0.2) is 0 Å². The van der Waals surface area contributed by atoms with Gasteiger partial charge in [0.2, 0.25) is 5.43 Å². The summed E-state index contributed by atoms with van der Waals surface area (Å²) in [7, 11) is 0. The van der Waals surface area contributed by atoms with E-state index in [9.17, 15) is 14.7 Å². The Morgan fingerprint density at radius 3 is 2.65 bits per heavy atom. The third kappa shape index (κ3) is 4.70. The van der Waals surface area contributed by atoms with Gasteiger partial charge in [0.1, 0.15) is 6.54 Å². The maximum atomic E-state index is 11.5. The zero-order chi connectivity index (χ0) is 15.1. The normalized spacial score (nSPS) is 10.9. The number of carbonyl (C=O) groups is 1. The fourth-order valence-corrected chi connectivity index (χ4v) is 1.99. The molecule has 1 rings (SSSR count). The molecule has 0 saturated heterocycles. The number of aromatic hydroxyl groups is 1. The van der Waals surface area contributed by atoms with Crippen molar-refractivity contribution >= 4 is 5.97 Å². The van der Waals surface area contributed by atoms with Crippen LogP contribution in [0.1, 0.15) is 32.4 Å². The Balaban J connectivity index is 2.98. The summed E-state index contributed by atoms with van der Waals surface area (Å²) in [5.74, 6) is -1.43. The van der Waals surface area contributed by atoms with Crippen LogP contribution in [0.2, 0.25) is 0 Å². The second kappa shape index (κ2) is 7.69. The molecule has 0 bridgehead atoms. The van der Waals surface area contributed by atoms with Crippen LogP contribution in [0.4, 0.5) is 0 Å². The minimum Gasteiger partial charge on any atom is -0.503 e.